The number of hydrogen-bond donors (Lipinski definition) is 1. The topological polar surface area (TPSA) is 39.7 Å². The highest BCUT2D eigenvalue weighted by Crippen LogP contribution is 2.34. The normalized spacial score (nSPS) is 19.8. The van der Waals surface area contributed by atoms with E-state index in [2.05, 4.69) is 42.6 Å². The quantitative estimate of drug-likeness (QED) is 0.830. The van der Waals surface area contributed by atoms with E-state index in [4.69, 9.17) is 14.2 Å². The lowest BCUT2D eigenvalue weighted by Crippen LogP contribution is -2.25. The molecule has 1 aliphatic heterocycles. The van der Waals surface area contributed by atoms with Crippen molar-refractivity contribution in [2.75, 3.05) is 27.4 Å². The van der Waals surface area contributed by atoms with E-state index < -0.39 is 0 Å². The molecule has 0 radical (unpaired) electrons. The van der Waals surface area contributed by atoms with Gasteiger partial charge in [-0.25, -0.2) is 0 Å². The van der Waals surface area contributed by atoms with Gasteiger partial charge in [0.1, 0.15) is 0 Å². The fourth-order valence-corrected chi connectivity index (χ4v) is 3.46. The minimum Gasteiger partial charge on any atom is -0.493 e. The lowest BCUT2D eigenvalue weighted by atomic mass is 9.95. The minimum absolute atomic E-state index is 0.195. The van der Waals surface area contributed by atoms with E-state index >= 15 is 0 Å². The molecule has 1 fully saturated rings. The lowest BCUT2D eigenvalue weighted by molar-refractivity contribution is 0.0904. The molecule has 0 spiro atoms. The molecule has 2 aromatic rings. The van der Waals surface area contributed by atoms with Crippen LogP contribution in [0.5, 0.6) is 11.5 Å². The van der Waals surface area contributed by atoms with Crippen LogP contribution in [0.15, 0.2) is 42.5 Å². The Kier molecular flexibility index (Phi) is 5.95. The van der Waals surface area contributed by atoms with Crippen LogP contribution in [0.2, 0.25) is 0 Å². The van der Waals surface area contributed by atoms with Crippen molar-refractivity contribution < 1.29 is 14.2 Å². The summed E-state index contributed by atoms with van der Waals surface area (Å²) in [6, 6.07) is 14.6. The van der Waals surface area contributed by atoms with E-state index in [0.29, 0.717) is 5.92 Å². The molecule has 4 heteroatoms. The summed E-state index contributed by atoms with van der Waals surface area (Å²) in [7, 11) is 3.34. The average Bonchev–Trinajstić information content (AvgIpc) is 3.12. The Hall–Kier alpha value is -2.04. The third-order valence-electron chi connectivity index (χ3n) is 4.91. The van der Waals surface area contributed by atoms with Gasteiger partial charge in [0.25, 0.3) is 0 Å². The van der Waals surface area contributed by atoms with Crippen molar-refractivity contribution in [1.82, 2.24) is 5.32 Å². The molecule has 2 atom stereocenters. The van der Waals surface area contributed by atoms with Crippen molar-refractivity contribution in [2.45, 2.75) is 26.0 Å². The fourth-order valence-electron chi connectivity index (χ4n) is 3.46. The first kappa shape index (κ1) is 17.8. The van der Waals surface area contributed by atoms with Gasteiger partial charge in [-0.05, 0) is 42.2 Å². The Bertz CT molecular complexity index is 687. The SMILES string of the molecule is COc1cc(C)c(CNC[C@@H]2CCO[C@H]2c2ccccc2)cc1OC. The third-order valence-corrected chi connectivity index (χ3v) is 4.91. The molecule has 1 N–H and O–H groups in total. The minimum atomic E-state index is 0.195. The Morgan fingerprint density at radius 2 is 1.80 bits per heavy atom. The highest BCUT2D eigenvalue weighted by molar-refractivity contribution is 5.47. The number of ether oxygens (including phenoxy) is 3. The first-order valence-electron chi connectivity index (χ1n) is 8.81. The van der Waals surface area contributed by atoms with Crippen LogP contribution < -0.4 is 14.8 Å². The molecule has 4 nitrogen and oxygen atoms in total. The molecular formula is C21H27NO3. The van der Waals surface area contributed by atoms with Crippen molar-refractivity contribution in [3.05, 3.63) is 59.2 Å². The maximum absolute atomic E-state index is 5.97. The second-order valence-corrected chi connectivity index (χ2v) is 6.52. The highest BCUT2D eigenvalue weighted by Gasteiger charge is 2.29. The van der Waals surface area contributed by atoms with E-state index in [1.807, 2.05) is 12.1 Å². The summed E-state index contributed by atoms with van der Waals surface area (Å²) >= 11 is 0. The van der Waals surface area contributed by atoms with Gasteiger partial charge in [0.05, 0.1) is 20.3 Å². The van der Waals surface area contributed by atoms with Gasteiger partial charge in [-0.15, -0.1) is 0 Å². The third kappa shape index (κ3) is 4.14. The number of nitrogens with one attached hydrogen (secondary N) is 1. The molecule has 0 saturated carbocycles. The summed E-state index contributed by atoms with van der Waals surface area (Å²) in [4.78, 5) is 0. The Labute approximate surface area is 150 Å². The second kappa shape index (κ2) is 8.37. The standard InChI is InChI=1S/C21H27NO3/c1-15-11-19(23-2)20(24-3)12-18(15)14-22-13-17-9-10-25-21(17)16-7-5-4-6-8-16/h4-8,11-12,17,21-22H,9-10,13-14H2,1-3H3/t17-,21-/m0/s1. The predicted molar refractivity (Wildman–Crippen MR) is 99.2 cm³/mol. The van der Waals surface area contributed by atoms with Gasteiger partial charge in [-0.1, -0.05) is 30.3 Å². The highest BCUT2D eigenvalue weighted by atomic mass is 16.5. The van der Waals surface area contributed by atoms with Crippen molar-refractivity contribution in [3.63, 3.8) is 0 Å². The number of benzene rings is 2. The summed E-state index contributed by atoms with van der Waals surface area (Å²) in [6.45, 7) is 4.68. The van der Waals surface area contributed by atoms with Crippen LogP contribution in [0.3, 0.4) is 0 Å². The van der Waals surface area contributed by atoms with Crippen LogP contribution in [-0.2, 0) is 11.3 Å². The summed E-state index contributed by atoms with van der Waals surface area (Å²) < 4.78 is 16.7. The van der Waals surface area contributed by atoms with Crippen LogP contribution in [0, 0.1) is 12.8 Å². The van der Waals surface area contributed by atoms with Crippen molar-refractivity contribution in [1.29, 1.82) is 0 Å². The molecule has 25 heavy (non-hydrogen) atoms. The molecular weight excluding hydrogens is 314 g/mol. The monoisotopic (exact) mass is 341 g/mol. The zero-order chi connectivity index (χ0) is 17.6. The van der Waals surface area contributed by atoms with Crippen LogP contribution in [-0.4, -0.2) is 27.4 Å². The van der Waals surface area contributed by atoms with E-state index in [1.165, 1.54) is 16.7 Å². The second-order valence-electron chi connectivity index (χ2n) is 6.52. The van der Waals surface area contributed by atoms with Crippen molar-refractivity contribution in [3.8, 4) is 11.5 Å². The molecule has 0 aliphatic carbocycles. The number of hydrogen-bond acceptors (Lipinski definition) is 4. The zero-order valence-corrected chi connectivity index (χ0v) is 15.2. The summed E-state index contributed by atoms with van der Waals surface area (Å²) in [6.07, 6.45) is 1.29. The van der Waals surface area contributed by atoms with Gasteiger partial charge in [-0.3, -0.25) is 0 Å². The van der Waals surface area contributed by atoms with Gasteiger partial charge in [-0.2, -0.15) is 0 Å². The molecule has 0 bridgehead atoms. The first-order chi connectivity index (χ1) is 12.2. The van der Waals surface area contributed by atoms with Gasteiger partial charge in [0, 0.05) is 25.6 Å². The molecule has 1 aliphatic rings. The summed E-state index contributed by atoms with van der Waals surface area (Å²) in [5.41, 5.74) is 3.70. The van der Waals surface area contributed by atoms with Crippen molar-refractivity contribution in [2.24, 2.45) is 5.92 Å². The van der Waals surface area contributed by atoms with Crippen molar-refractivity contribution >= 4 is 0 Å². The number of rotatable bonds is 7. The Morgan fingerprint density at radius 1 is 1.08 bits per heavy atom. The largest absolute Gasteiger partial charge is 0.493 e. The van der Waals surface area contributed by atoms with Gasteiger partial charge < -0.3 is 19.5 Å². The van der Waals surface area contributed by atoms with Gasteiger partial charge >= 0.3 is 0 Å². The Balaban J connectivity index is 1.61. The van der Waals surface area contributed by atoms with E-state index in [-0.39, 0.29) is 6.10 Å². The molecule has 134 valence electrons. The zero-order valence-electron chi connectivity index (χ0n) is 15.2. The van der Waals surface area contributed by atoms with Crippen LogP contribution in [0.4, 0.5) is 0 Å². The molecule has 0 unspecified atom stereocenters. The van der Waals surface area contributed by atoms with E-state index in [9.17, 15) is 0 Å². The van der Waals surface area contributed by atoms with E-state index in [1.54, 1.807) is 14.2 Å². The predicted octanol–water partition coefficient (Wildman–Crippen LogP) is 3.88. The lowest BCUT2D eigenvalue weighted by Gasteiger charge is -2.20. The molecule has 3 rings (SSSR count). The smallest absolute Gasteiger partial charge is 0.161 e. The number of methoxy groups -OCH3 is 2. The summed E-state index contributed by atoms with van der Waals surface area (Å²) in [5.74, 6) is 2.05. The van der Waals surface area contributed by atoms with Gasteiger partial charge in [0.2, 0.25) is 0 Å². The first-order valence-corrected chi connectivity index (χ1v) is 8.81. The Morgan fingerprint density at radius 3 is 2.52 bits per heavy atom. The van der Waals surface area contributed by atoms with Gasteiger partial charge in [0.15, 0.2) is 11.5 Å². The average molecular weight is 341 g/mol. The maximum atomic E-state index is 5.97. The molecule has 0 amide bonds. The molecule has 1 saturated heterocycles. The van der Waals surface area contributed by atoms with Crippen LogP contribution >= 0.6 is 0 Å². The fraction of sp³-hybridized carbons (Fsp3) is 0.429. The molecule has 1 heterocycles. The van der Waals surface area contributed by atoms with Crippen LogP contribution in [0.25, 0.3) is 0 Å². The molecule has 0 aromatic heterocycles. The maximum Gasteiger partial charge on any atom is 0.161 e. The molecule has 2 aromatic carbocycles. The van der Waals surface area contributed by atoms with E-state index in [0.717, 1.165) is 37.6 Å². The number of aryl methyl sites for hydroxylation is 1. The van der Waals surface area contributed by atoms with Crippen LogP contribution in [0.1, 0.15) is 29.2 Å². The summed E-state index contributed by atoms with van der Waals surface area (Å²) in [5, 5.41) is 3.60.